The summed E-state index contributed by atoms with van der Waals surface area (Å²) < 4.78 is 5.36. The maximum absolute atomic E-state index is 13.1. The lowest BCUT2D eigenvalue weighted by Gasteiger charge is -2.29. The van der Waals surface area contributed by atoms with Gasteiger partial charge in [-0.3, -0.25) is 24.6 Å². The summed E-state index contributed by atoms with van der Waals surface area (Å²) in [5.74, 6) is -3.89. The van der Waals surface area contributed by atoms with Gasteiger partial charge < -0.3 is 14.9 Å². The Morgan fingerprint density at radius 1 is 1.30 bits per heavy atom. The van der Waals surface area contributed by atoms with E-state index in [-0.39, 0.29) is 6.54 Å². The molecule has 1 aromatic carbocycles. The van der Waals surface area contributed by atoms with Gasteiger partial charge in [0, 0.05) is 18.2 Å². The monoisotopic (exact) mass is 376 g/mol. The zero-order valence-electron chi connectivity index (χ0n) is 15.3. The highest BCUT2D eigenvalue weighted by atomic mass is 16.5. The molecule has 8 heteroatoms. The van der Waals surface area contributed by atoms with E-state index >= 15 is 0 Å². The van der Waals surface area contributed by atoms with Crippen molar-refractivity contribution in [2.24, 2.45) is 11.8 Å². The first-order chi connectivity index (χ1) is 12.9. The van der Waals surface area contributed by atoms with Crippen molar-refractivity contribution in [1.82, 2.24) is 10.2 Å². The summed E-state index contributed by atoms with van der Waals surface area (Å²) >= 11 is 0. The zero-order chi connectivity index (χ0) is 19.8. The molecule has 1 aromatic rings. The molecule has 2 aliphatic rings. The lowest BCUT2D eigenvalue weighted by atomic mass is 9.79. The van der Waals surface area contributed by atoms with Crippen LogP contribution in [0.15, 0.2) is 24.3 Å². The Bertz CT molecular complexity index is 766. The molecular weight excluding hydrogens is 352 g/mol. The normalized spacial score (nSPS) is 29.9. The SMILES string of the molecule is CCCCN1C(=O)C2C(c3ccccc3OC)NC(CO)(C(=O)O)C2C1=O. The maximum atomic E-state index is 13.1. The van der Waals surface area contributed by atoms with E-state index in [0.29, 0.717) is 17.7 Å². The van der Waals surface area contributed by atoms with E-state index in [1.165, 1.54) is 7.11 Å². The van der Waals surface area contributed by atoms with Crippen LogP contribution in [0.3, 0.4) is 0 Å². The third kappa shape index (κ3) is 2.80. The molecule has 2 aliphatic heterocycles. The van der Waals surface area contributed by atoms with Crippen LogP contribution in [0.25, 0.3) is 0 Å². The van der Waals surface area contributed by atoms with Gasteiger partial charge in [0.1, 0.15) is 5.75 Å². The molecule has 2 fully saturated rings. The Balaban J connectivity index is 2.11. The van der Waals surface area contributed by atoms with Gasteiger partial charge in [0.2, 0.25) is 11.8 Å². The molecule has 0 radical (unpaired) electrons. The van der Waals surface area contributed by atoms with Crippen molar-refractivity contribution in [3.63, 3.8) is 0 Å². The summed E-state index contributed by atoms with van der Waals surface area (Å²) in [5, 5.41) is 22.7. The number of amides is 2. The third-order valence-corrected chi connectivity index (χ3v) is 5.59. The fraction of sp³-hybridized carbons (Fsp3) is 0.526. The Hall–Kier alpha value is -2.45. The number of para-hydroxylation sites is 1. The number of fused-ring (bicyclic) bond motifs is 1. The number of carbonyl (C=O) groups excluding carboxylic acids is 2. The number of methoxy groups -OCH3 is 1. The second-order valence-corrected chi connectivity index (χ2v) is 6.98. The largest absolute Gasteiger partial charge is 0.496 e. The summed E-state index contributed by atoms with van der Waals surface area (Å²) in [6.07, 6.45) is 1.44. The number of benzene rings is 1. The van der Waals surface area contributed by atoms with Crippen LogP contribution < -0.4 is 10.1 Å². The molecule has 2 amide bonds. The minimum absolute atomic E-state index is 0.251. The molecule has 4 unspecified atom stereocenters. The first-order valence-electron chi connectivity index (χ1n) is 9.03. The number of carboxylic acids is 1. The second kappa shape index (κ2) is 7.28. The molecule has 0 aromatic heterocycles. The fourth-order valence-electron chi connectivity index (χ4n) is 4.20. The van der Waals surface area contributed by atoms with Crippen LogP contribution in [0.4, 0.5) is 0 Å². The molecule has 3 rings (SSSR count). The molecule has 27 heavy (non-hydrogen) atoms. The van der Waals surface area contributed by atoms with Crippen molar-refractivity contribution in [3.8, 4) is 5.75 Å². The maximum Gasteiger partial charge on any atom is 0.327 e. The number of nitrogens with one attached hydrogen (secondary N) is 1. The Kier molecular flexibility index (Phi) is 5.21. The van der Waals surface area contributed by atoms with E-state index in [9.17, 15) is 24.6 Å². The number of aliphatic carboxylic acids is 1. The van der Waals surface area contributed by atoms with E-state index in [0.717, 1.165) is 11.3 Å². The number of rotatable bonds is 7. The van der Waals surface area contributed by atoms with Crippen molar-refractivity contribution in [2.75, 3.05) is 20.3 Å². The number of unbranched alkanes of at least 4 members (excludes halogenated alkanes) is 1. The van der Waals surface area contributed by atoms with Gasteiger partial charge in [-0.1, -0.05) is 31.5 Å². The van der Waals surface area contributed by atoms with Crippen LogP contribution in [-0.4, -0.2) is 58.7 Å². The zero-order valence-corrected chi connectivity index (χ0v) is 15.3. The highest BCUT2D eigenvalue weighted by Gasteiger charge is 2.68. The first kappa shape index (κ1) is 19.3. The number of hydrogen-bond donors (Lipinski definition) is 3. The molecule has 0 aliphatic carbocycles. The van der Waals surface area contributed by atoms with E-state index in [4.69, 9.17) is 4.74 Å². The summed E-state index contributed by atoms with van der Waals surface area (Å²) in [4.78, 5) is 39.2. The number of likely N-dealkylation sites (tertiary alicyclic amines) is 1. The minimum Gasteiger partial charge on any atom is -0.496 e. The molecule has 2 heterocycles. The lowest BCUT2D eigenvalue weighted by molar-refractivity contribution is -0.153. The first-order valence-corrected chi connectivity index (χ1v) is 9.03. The molecule has 0 saturated carbocycles. The second-order valence-electron chi connectivity index (χ2n) is 6.98. The summed E-state index contributed by atoms with van der Waals surface area (Å²) in [6.45, 7) is 1.40. The Morgan fingerprint density at radius 3 is 2.59 bits per heavy atom. The lowest BCUT2D eigenvalue weighted by Crippen LogP contribution is -2.58. The van der Waals surface area contributed by atoms with Gasteiger partial charge in [-0.25, -0.2) is 0 Å². The predicted molar refractivity (Wildman–Crippen MR) is 94.9 cm³/mol. The van der Waals surface area contributed by atoms with Gasteiger partial charge >= 0.3 is 5.97 Å². The van der Waals surface area contributed by atoms with Crippen LogP contribution in [0.1, 0.15) is 31.4 Å². The van der Waals surface area contributed by atoms with Gasteiger partial charge in [0.15, 0.2) is 5.54 Å². The highest BCUT2D eigenvalue weighted by Crippen LogP contribution is 2.50. The predicted octanol–water partition coefficient (Wildman–Crippen LogP) is 0.556. The smallest absolute Gasteiger partial charge is 0.327 e. The van der Waals surface area contributed by atoms with Crippen LogP contribution in [0.5, 0.6) is 5.75 Å². The number of imide groups is 1. The Labute approximate surface area is 157 Å². The summed E-state index contributed by atoms with van der Waals surface area (Å²) in [7, 11) is 1.48. The van der Waals surface area contributed by atoms with Crippen LogP contribution in [0, 0.1) is 11.8 Å². The fourth-order valence-corrected chi connectivity index (χ4v) is 4.20. The van der Waals surface area contributed by atoms with Crippen molar-refractivity contribution >= 4 is 17.8 Å². The number of hydrogen-bond acceptors (Lipinski definition) is 6. The average molecular weight is 376 g/mol. The van der Waals surface area contributed by atoms with Crippen LogP contribution in [0.2, 0.25) is 0 Å². The van der Waals surface area contributed by atoms with Gasteiger partial charge in [-0.05, 0) is 12.5 Å². The molecule has 0 spiro atoms. The van der Waals surface area contributed by atoms with Crippen molar-refractivity contribution in [3.05, 3.63) is 29.8 Å². The number of ether oxygens (including phenoxy) is 1. The molecular formula is C19H24N2O6. The number of carbonyl (C=O) groups is 3. The molecule has 8 nitrogen and oxygen atoms in total. The molecule has 0 bridgehead atoms. The van der Waals surface area contributed by atoms with E-state index in [2.05, 4.69) is 5.32 Å². The molecule has 146 valence electrons. The number of carboxylic acid groups (broad SMARTS) is 1. The van der Waals surface area contributed by atoms with E-state index in [1.807, 2.05) is 6.92 Å². The number of nitrogens with zero attached hydrogens (tertiary/aromatic N) is 1. The van der Waals surface area contributed by atoms with Gasteiger partial charge in [-0.2, -0.15) is 0 Å². The third-order valence-electron chi connectivity index (χ3n) is 5.59. The van der Waals surface area contributed by atoms with E-state index < -0.39 is 47.8 Å². The minimum atomic E-state index is -1.91. The topological polar surface area (TPSA) is 116 Å². The van der Waals surface area contributed by atoms with Gasteiger partial charge in [0.05, 0.1) is 25.6 Å². The molecule has 3 N–H and O–H groups in total. The van der Waals surface area contributed by atoms with Crippen molar-refractivity contribution in [1.29, 1.82) is 0 Å². The van der Waals surface area contributed by atoms with Gasteiger partial charge in [-0.15, -0.1) is 0 Å². The van der Waals surface area contributed by atoms with Crippen molar-refractivity contribution < 1.29 is 29.3 Å². The van der Waals surface area contributed by atoms with Crippen molar-refractivity contribution in [2.45, 2.75) is 31.3 Å². The highest BCUT2D eigenvalue weighted by molar-refractivity contribution is 6.09. The van der Waals surface area contributed by atoms with Gasteiger partial charge in [0.25, 0.3) is 0 Å². The van der Waals surface area contributed by atoms with Crippen LogP contribution >= 0.6 is 0 Å². The molecule has 4 atom stereocenters. The summed E-state index contributed by atoms with van der Waals surface area (Å²) in [5.41, 5.74) is -1.32. The Morgan fingerprint density at radius 2 is 2.00 bits per heavy atom. The number of aliphatic hydroxyl groups excluding tert-OH is 1. The average Bonchev–Trinajstić information content (AvgIpc) is 3.15. The number of aliphatic hydroxyl groups is 1. The quantitative estimate of drug-likeness (QED) is 0.595. The standard InChI is InChI=1S/C19H24N2O6/c1-3-4-9-21-16(23)13-14(17(21)24)19(10-22,18(25)26)20-15(13)11-7-5-6-8-12(11)27-2/h5-8,13-15,20,22H,3-4,9-10H2,1-2H3,(H,25,26). The summed E-state index contributed by atoms with van der Waals surface area (Å²) in [6, 6.07) is 6.21. The van der Waals surface area contributed by atoms with Crippen LogP contribution in [-0.2, 0) is 14.4 Å². The van der Waals surface area contributed by atoms with E-state index in [1.54, 1.807) is 24.3 Å². The molecule has 2 saturated heterocycles.